The predicted octanol–water partition coefficient (Wildman–Crippen LogP) is 3.69. The maximum atomic E-state index is 12.8. The van der Waals surface area contributed by atoms with Crippen LogP contribution in [0.3, 0.4) is 0 Å². The van der Waals surface area contributed by atoms with Crippen molar-refractivity contribution in [3.63, 3.8) is 0 Å². The number of hydrogen-bond donors (Lipinski definition) is 2. The molecule has 2 N–H and O–H groups in total. The Morgan fingerprint density at radius 1 is 1.21 bits per heavy atom. The second-order valence-electron chi connectivity index (χ2n) is 7.87. The monoisotopic (exact) mass is 423 g/mol. The van der Waals surface area contributed by atoms with Gasteiger partial charge in [-0.2, -0.15) is 8.42 Å². The standard InChI is InChI=1S/C20H31NO4S.CH2N2/c1-16-8-10-19(11-9-16)26(22,23)25-20(18-6-4-3-5-7-18)15-21-12-13-24-17(2)14-21;2-1-3/h8-11,17-18,20H,3-7,12-15H2,1-2H3;2-3H. The average Bonchev–Trinajstić information content (AvgIpc) is 2.69. The van der Waals surface area contributed by atoms with E-state index in [0.717, 1.165) is 44.3 Å². The van der Waals surface area contributed by atoms with Gasteiger partial charge in [0.25, 0.3) is 10.1 Å². The minimum Gasteiger partial charge on any atom is -0.376 e. The number of morpholine rings is 1. The fourth-order valence-corrected chi connectivity index (χ4v) is 5.12. The largest absolute Gasteiger partial charge is 0.376 e. The molecule has 1 aliphatic carbocycles. The number of nitrogens with one attached hydrogen (secondary N) is 2. The molecule has 2 unspecified atom stereocenters. The molecule has 0 radical (unpaired) electrons. The zero-order valence-electron chi connectivity index (χ0n) is 17.4. The van der Waals surface area contributed by atoms with Crippen LogP contribution in [-0.4, -0.2) is 57.8 Å². The number of ether oxygens (including phenoxy) is 1. The zero-order chi connectivity index (χ0) is 21.3. The normalized spacial score (nSPS) is 22.2. The van der Waals surface area contributed by atoms with Crippen molar-refractivity contribution in [2.24, 2.45) is 5.92 Å². The van der Waals surface area contributed by atoms with Crippen LogP contribution < -0.4 is 0 Å². The van der Waals surface area contributed by atoms with E-state index in [-0.39, 0.29) is 17.1 Å². The van der Waals surface area contributed by atoms with Crippen LogP contribution >= 0.6 is 0 Å². The summed E-state index contributed by atoms with van der Waals surface area (Å²) in [6.45, 7) is 7.03. The van der Waals surface area contributed by atoms with Gasteiger partial charge in [0.1, 0.15) is 0 Å². The smallest absolute Gasteiger partial charge is 0.297 e. The summed E-state index contributed by atoms with van der Waals surface area (Å²) in [6, 6.07) is 8.16. The molecule has 1 aliphatic heterocycles. The van der Waals surface area contributed by atoms with Crippen LogP contribution in [0.2, 0.25) is 0 Å². The number of nitrogens with zero attached hydrogens (tertiary/aromatic N) is 1. The van der Waals surface area contributed by atoms with Gasteiger partial charge in [-0.3, -0.25) is 9.08 Å². The Kier molecular flexibility index (Phi) is 9.46. The molecule has 7 nitrogen and oxygen atoms in total. The molecular formula is C21H33N3O4S. The Hall–Kier alpha value is -1.57. The Labute approximate surface area is 174 Å². The van der Waals surface area contributed by atoms with E-state index in [1.165, 1.54) is 12.4 Å². The van der Waals surface area contributed by atoms with Crippen LogP contribution in [0.1, 0.15) is 44.6 Å². The summed E-state index contributed by atoms with van der Waals surface area (Å²) >= 11 is 0. The van der Waals surface area contributed by atoms with Crippen LogP contribution in [0, 0.1) is 23.7 Å². The molecule has 1 saturated carbocycles. The lowest BCUT2D eigenvalue weighted by Crippen LogP contribution is -2.47. The van der Waals surface area contributed by atoms with Gasteiger partial charge >= 0.3 is 0 Å². The first-order chi connectivity index (χ1) is 13.9. The summed E-state index contributed by atoms with van der Waals surface area (Å²) in [5.74, 6) is 0.308. The molecule has 0 amide bonds. The summed E-state index contributed by atoms with van der Waals surface area (Å²) in [5, 5.41) is 11.2. The van der Waals surface area contributed by atoms with E-state index in [1.807, 2.05) is 19.1 Å². The van der Waals surface area contributed by atoms with Crippen molar-refractivity contribution in [1.29, 1.82) is 10.8 Å². The number of rotatable bonds is 6. The van der Waals surface area contributed by atoms with E-state index in [4.69, 9.17) is 19.7 Å². The topological polar surface area (TPSA) is 104 Å². The lowest BCUT2D eigenvalue weighted by Gasteiger charge is -2.37. The molecule has 2 aliphatic rings. The first-order valence-corrected chi connectivity index (χ1v) is 11.7. The summed E-state index contributed by atoms with van der Waals surface area (Å²) in [6.07, 6.45) is 5.56. The van der Waals surface area contributed by atoms with Crippen molar-refractivity contribution in [3.8, 4) is 0 Å². The van der Waals surface area contributed by atoms with Crippen molar-refractivity contribution in [1.82, 2.24) is 4.90 Å². The Morgan fingerprint density at radius 2 is 1.83 bits per heavy atom. The Morgan fingerprint density at radius 3 is 2.41 bits per heavy atom. The molecule has 1 aromatic carbocycles. The summed E-state index contributed by atoms with van der Waals surface area (Å²) < 4.78 is 37.1. The van der Waals surface area contributed by atoms with Gasteiger partial charge in [-0.25, -0.2) is 10.8 Å². The quantitative estimate of drug-likeness (QED) is 0.536. The van der Waals surface area contributed by atoms with Crippen molar-refractivity contribution < 1.29 is 17.3 Å². The molecule has 29 heavy (non-hydrogen) atoms. The summed E-state index contributed by atoms with van der Waals surface area (Å²) in [5.41, 5.74) is 1.04. The molecule has 3 rings (SSSR count). The molecule has 1 heterocycles. The van der Waals surface area contributed by atoms with Gasteiger partial charge in [0.05, 0.1) is 29.7 Å². The first kappa shape index (κ1) is 23.7. The van der Waals surface area contributed by atoms with E-state index in [1.54, 1.807) is 12.1 Å². The van der Waals surface area contributed by atoms with Gasteiger partial charge in [0.2, 0.25) is 0 Å². The van der Waals surface area contributed by atoms with Gasteiger partial charge in [-0.15, -0.1) is 0 Å². The molecule has 2 atom stereocenters. The highest BCUT2D eigenvalue weighted by Gasteiger charge is 2.32. The van der Waals surface area contributed by atoms with E-state index in [2.05, 4.69) is 11.8 Å². The molecular weight excluding hydrogens is 390 g/mol. The first-order valence-electron chi connectivity index (χ1n) is 10.3. The average molecular weight is 424 g/mol. The summed E-state index contributed by atoms with van der Waals surface area (Å²) in [7, 11) is -3.75. The van der Waals surface area contributed by atoms with Crippen molar-refractivity contribution >= 4 is 16.1 Å². The van der Waals surface area contributed by atoms with E-state index >= 15 is 0 Å². The molecule has 8 heteroatoms. The molecule has 162 valence electrons. The van der Waals surface area contributed by atoms with Crippen LogP contribution in [0.15, 0.2) is 29.2 Å². The fraction of sp³-hybridized carbons (Fsp3) is 0.667. The van der Waals surface area contributed by atoms with Gasteiger partial charge in [0, 0.05) is 19.6 Å². The maximum absolute atomic E-state index is 12.8. The number of hydrogen-bond acceptors (Lipinski definition) is 7. The fourth-order valence-electron chi connectivity index (χ4n) is 4.00. The lowest BCUT2D eigenvalue weighted by atomic mass is 9.85. The highest BCUT2D eigenvalue weighted by Crippen LogP contribution is 2.31. The minimum absolute atomic E-state index is 0.185. The van der Waals surface area contributed by atoms with Crippen LogP contribution in [0.4, 0.5) is 0 Å². The second kappa shape index (κ2) is 11.6. The third-order valence-corrected chi connectivity index (χ3v) is 6.85. The number of benzene rings is 1. The van der Waals surface area contributed by atoms with Crippen molar-refractivity contribution in [2.75, 3.05) is 26.2 Å². The Bertz CT molecular complexity index is 755. The van der Waals surface area contributed by atoms with E-state index in [9.17, 15) is 8.42 Å². The predicted molar refractivity (Wildman–Crippen MR) is 112 cm³/mol. The highest BCUT2D eigenvalue weighted by molar-refractivity contribution is 7.86. The van der Waals surface area contributed by atoms with Gasteiger partial charge < -0.3 is 4.74 Å². The van der Waals surface area contributed by atoms with Crippen LogP contribution in [-0.2, 0) is 19.0 Å². The van der Waals surface area contributed by atoms with Crippen molar-refractivity contribution in [2.45, 2.75) is 63.1 Å². The van der Waals surface area contributed by atoms with Gasteiger partial charge in [-0.05, 0) is 44.7 Å². The lowest BCUT2D eigenvalue weighted by molar-refractivity contribution is -0.0359. The second-order valence-corrected chi connectivity index (χ2v) is 9.44. The maximum Gasteiger partial charge on any atom is 0.297 e. The van der Waals surface area contributed by atoms with E-state index in [0.29, 0.717) is 19.1 Å². The Balaban J connectivity index is 0.000000941. The van der Waals surface area contributed by atoms with E-state index < -0.39 is 10.1 Å². The molecule has 1 aromatic rings. The zero-order valence-corrected chi connectivity index (χ0v) is 18.2. The third-order valence-electron chi connectivity index (χ3n) is 5.50. The summed E-state index contributed by atoms with van der Waals surface area (Å²) in [4.78, 5) is 2.54. The molecule has 0 bridgehead atoms. The number of aryl methyl sites for hydroxylation is 1. The van der Waals surface area contributed by atoms with Gasteiger partial charge in [-0.1, -0.05) is 37.0 Å². The molecule has 2 fully saturated rings. The molecule has 1 saturated heterocycles. The SMILES string of the molecule is Cc1ccc(S(=O)(=O)OC(CN2CCOC(C)C2)C2CCCCC2)cc1.N=C=N. The van der Waals surface area contributed by atoms with Gasteiger partial charge in [0.15, 0.2) is 0 Å². The van der Waals surface area contributed by atoms with Crippen LogP contribution in [0.5, 0.6) is 0 Å². The van der Waals surface area contributed by atoms with Crippen molar-refractivity contribution in [3.05, 3.63) is 29.8 Å². The minimum atomic E-state index is -3.75. The molecule has 0 spiro atoms. The molecule has 0 aromatic heterocycles. The third kappa shape index (κ3) is 7.64. The van der Waals surface area contributed by atoms with Crippen LogP contribution in [0.25, 0.3) is 0 Å². The highest BCUT2D eigenvalue weighted by atomic mass is 32.2.